The number of anilines is 2. The van der Waals surface area contributed by atoms with E-state index in [1.807, 2.05) is 43.4 Å². The second-order valence-corrected chi connectivity index (χ2v) is 5.75. The van der Waals surface area contributed by atoms with Crippen LogP contribution in [0.25, 0.3) is 0 Å². The van der Waals surface area contributed by atoms with Crippen LogP contribution in [0.4, 0.5) is 11.5 Å². The van der Waals surface area contributed by atoms with Gasteiger partial charge in [-0.15, -0.1) is 0 Å². The van der Waals surface area contributed by atoms with Crippen molar-refractivity contribution in [3.63, 3.8) is 0 Å². The van der Waals surface area contributed by atoms with E-state index in [2.05, 4.69) is 22.1 Å². The molecule has 2 aromatic rings. The minimum Gasteiger partial charge on any atom is -0.497 e. The molecule has 0 aliphatic rings. The van der Waals surface area contributed by atoms with Crippen LogP contribution in [0.1, 0.15) is 25.3 Å². The second-order valence-electron chi connectivity index (χ2n) is 5.75. The van der Waals surface area contributed by atoms with Crippen molar-refractivity contribution >= 4 is 17.4 Å². The lowest BCUT2D eigenvalue weighted by Crippen LogP contribution is -2.19. The molecular formula is C19H25N3O2. The van der Waals surface area contributed by atoms with Crippen molar-refractivity contribution in [3.8, 4) is 5.75 Å². The molecule has 1 heterocycles. The van der Waals surface area contributed by atoms with Gasteiger partial charge in [-0.2, -0.15) is 0 Å². The number of carbonyl (C=O) groups is 1. The number of nitrogens with zero attached hydrogens (tertiary/aromatic N) is 2. The lowest BCUT2D eigenvalue weighted by molar-refractivity contribution is -0.115. The van der Waals surface area contributed by atoms with Crippen LogP contribution in [-0.2, 0) is 11.2 Å². The van der Waals surface area contributed by atoms with Gasteiger partial charge in [0, 0.05) is 13.6 Å². The number of methoxy groups -OCH3 is 1. The summed E-state index contributed by atoms with van der Waals surface area (Å²) >= 11 is 0. The third-order valence-electron chi connectivity index (χ3n) is 3.79. The van der Waals surface area contributed by atoms with Gasteiger partial charge in [-0.3, -0.25) is 4.79 Å². The molecule has 24 heavy (non-hydrogen) atoms. The van der Waals surface area contributed by atoms with Crippen molar-refractivity contribution in [3.05, 3.63) is 48.2 Å². The molecule has 1 aromatic heterocycles. The summed E-state index contributed by atoms with van der Waals surface area (Å²) in [5.74, 6) is 1.64. The summed E-state index contributed by atoms with van der Waals surface area (Å²) in [6.07, 6.45) is 4.31. The van der Waals surface area contributed by atoms with Crippen molar-refractivity contribution in [2.45, 2.75) is 26.2 Å². The van der Waals surface area contributed by atoms with Crippen LogP contribution < -0.4 is 15.0 Å². The Labute approximate surface area is 143 Å². The van der Waals surface area contributed by atoms with Crippen LogP contribution in [0.2, 0.25) is 0 Å². The Morgan fingerprint density at radius 1 is 1.21 bits per heavy atom. The van der Waals surface area contributed by atoms with Gasteiger partial charge < -0.3 is 15.0 Å². The van der Waals surface area contributed by atoms with Gasteiger partial charge in [0.25, 0.3) is 0 Å². The highest BCUT2D eigenvalue weighted by Gasteiger charge is 2.06. The Balaban J connectivity index is 1.89. The quantitative estimate of drug-likeness (QED) is 0.806. The highest BCUT2D eigenvalue weighted by atomic mass is 16.5. The fourth-order valence-corrected chi connectivity index (χ4v) is 2.33. The normalized spacial score (nSPS) is 10.3. The summed E-state index contributed by atoms with van der Waals surface area (Å²) in [6, 6.07) is 11.3. The van der Waals surface area contributed by atoms with Crippen LogP contribution in [0.5, 0.6) is 5.75 Å². The number of nitrogens with one attached hydrogen (secondary N) is 1. The minimum absolute atomic E-state index is 0.0611. The first kappa shape index (κ1) is 17.8. The average Bonchev–Trinajstić information content (AvgIpc) is 2.61. The predicted octanol–water partition coefficient (Wildman–Crippen LogP) is 3.51. The van der Waals surface area contributed by atoms with Crippen molar-refractivity contribution in [2.75, 3.05) is 30.9 Å². The first-order valence-corrected chi connectivity index (χ1v) is 8.22. The molecular weight excluding hydrogens is 302 g/mol. The number of carbonyl (C=O) groups excluding carboxylic acids is 1. The van der Waals surface area contributed by atoms with Gasteiger partial charge in [0.1, 0.15) is 11.6 Å². The van der Waals surface area contributed by atoms with Crippen LogP contribution in [0, 0.1) is 0 Å². The molecule has 0 unspecified atom stereocenters. The van der Waals surface area contributed by atoms with Crippen molar-refractivity contribution in [1.82, 2.24) is 4.98 Å². The number of amides is 1. The Bertz CT molecular complexity index is 639. The van der Waals surface area contributed by atoms with Gasteiger partial charge in [-0.1, -0.05) is 25.5 Å². The zero-order valence-corrected chi connectivity index (χ0v) is 14.6. The molecule has 128 valence electrons. The predicted molar refractivity (Wildman–Crippen MR) is 97.7 cm³/mol. The maximum absolute atomic E-state index is 12.1. The largest absolute Gasteiger partial charge is 0.497 e. The van der Waals surface area contributed by atoms with E-state index >= 15 is 0 Å². The first-order valence-electron chi connectivity index (χ1n) is 8.22. The summed E-state index contributed by atoms with van der Waals surface area (Å²) < 4.78 is 5.11. The molecule has 0 saturated heterocycles. The summed E-state index contributed by atoms with van der Waals surface area (Å²) in [5.41, 5.74) is 1.65. The fraction of sp³-hybridized carbons (Fsp3) is 0.368. The van der Waals surface area contributed by atoms with Gasteiger partial charge in [-0.05, 0) is 36.2 Å². The molecule has 5 nitrogen and oxygen atoms in total. The van der Waals surface area contributed by atoms with E-state index in [-0.39, 0.29) is 5.91 Å². The molecule has 0 bridgehead atoms. The lowest BCUT2D eigenvalue weighted by atomic mass is 10.1. The number of hydrogen-bond donors (Lipinski definition) is 1. The van der Waals surface area contributed by atoms with Gasteiger partial charge >= 0.3 is 0 Å². The second kappa shape index (κ2) is 8.91. The molecule has 5 heteroatoms. The van der Waals surface area contributed by atoms with E-state index < -0.39 is 0 Å². The smallest absolute Gasteiger partial charge is 0.228 e. The summed E-state index contributed by atoms with van der Waals surface area (Å²) in [6.45, 7) is 3.15. The fourth-order valence-electron chi connectivity index (χ4n) is 2.33. The lowest BCUT2D eigenvalue weighted by Gasteiger charge is -2.17. The molecule has 0 saturated carbocycles. The van der Waals surface area contributed by atoms with Crippen molar-refractivity contribution in [1.29, 1.82) is 0 Å². The van der Waals surface area contributed by atoms with Crippen LogP contribution >= 0.6 is 0 Å². The van der Waals surface area contributed by atoms with Gasteiger partial charge in [-0.25, -0.2) is 4.98 Å². The maximum Gasteiger partial charge on any atom is 0.228 e. The number of benzene rings is 1. The average molecular weight is 327 g/mol. The molecule has 0 radical (unpaired) electrons. The number of unbranched alkanes of at least 4 members (excludes halogenated alkanes) is 1. The first-order chi connectivity index (χ1) is 11.6. The van der Waals surface area contributed by atoms with E-state index in [0.717, 1.165) is 36.5 Å². The van der Waals surface area contributed by atoms with E-state index in [1.165, 1.54) is 0 Å². The number of hydrogen-bond acceptors (Lipinski definition) is 4. The third kappa shape index (κ3) is 5.26. The van der Waals surface area contributed by atoms with E-state index in [9.17, 15) is 4.79 Å². The molecule has 0 atom stereocenters. The summed E-state index contributed by atoms with van der Waals surface area (Å²) in [4.78, 5) is 18.6. The topological polar surface area (TPSA) is 54.5 Å². The number of rotatable bonds is 8. The Morgan fingerprint density at radius 2 is 1.96 bits per heavy atom. The van der Waals surface area contributed by atoms with Gasteiger partial charge in [0.15, 0.2) is 0 Å². The summed E-state index contributed by atoms with van der Waals surface area (Å²) in [5, 5.41) is 2.88. The molecule has 1 aromatic carbocycles. The van der Waals surface area contributed by atoms with Crippen molar-refractivity contribution in [2.24, 2.45) is 0 Å². The number of ether oxygens (including phenoxy) is 1. The molecule has 2 rings (SSSR count). The monoisotopic (exact) mass is 327 g/mol. The zero-order valence-electron chi connectivity index (χ0n) is 14.6. The number of pyridine rings is 1. The van der Waals surface area contributed by atoms with Crippen molar-refractivity contribution < 1.29 is 9.53 Å². The van der Waals surface area contributed by atoms with Gasteiger partial charge in [0.2, 0.25) is 5.91 Å². The minimum atomic E-state index is -0.0611. The zero-order chi connectivity index (χ0) is 17.4. The number of aromatic nitrogens is 1. The van der Waals surface area contributed by atoms with E-state index in [4.69, 9.17) is 4.74 Å². The van der Waals surface area contributed by atoms with Crippen LogP contribution in [-0.4, -0.2) is 31.6 Å². The van der Waals surface area contributed by atoms with Gasteiger partial charge in [0.05, 0.1) is 25.4 Å². The molecule has 0 aliphatic carbocycles. The third-order valence-corrected chi connectivity index (χ3v) is 3.79. The Hall–Kier alpha value is -2.56. The molecule has 0 spiro atoms. The SMILES string of the molecule is CCCCN(C)c1ccc(NC(=O)Cc2ccc(OC)cc2)cn1. The Kier molecular flexibility index (Phi) is 6.61. The van der Waals surface area contributed by atoms with Crippen LogP contribution in [0.15, 0.2) is 42.6 Å². The Morgan fingerprint density at radius 3 is 2.54 bits per heavy atom. The molecule has 1 N–H and O–H groups in total. The highest BCUT2D eigenvalue weighted by molar-refractivity contribution is 5.92. The van der Waals surface area contributed by atoms with E-state index in [1.54, 1.807) is 13.3 Å². The standard InChI is InChI=1S/C19H25N3O2/c1-4-5-12-22(2)18-11-8-16(14-20-18)21-19(23)13-15-6-9-17(24-3)10-7-15/h6-11,14H,4-5,12-13H2,1-3H3,(H,21,23). The highest BCUT2D eigenvalue weighted by Crippen LogP contribution is 2.15. The molecule has 0 aliphatic heterocycles. The molecule has 1 amide bonds. The van der Waals surface area contributed by atoms with E-state index in [0.29, 0.717) is 12.1 Å². The summed E-state index contributed by atoms with van der Waals surface area (Å²) in [7, 11) is 3.65. The molecule has 0 fully saturated rings. The maximum atomic E-state index is 12.1. The van der Waals surface area contributed by atoms with Crippen LogP contribution in [0.3, 0.4) is 0 Å².